The molecule has 122 valence electrons. The van der Waals surface area contributed by atoms with E-state index in [0.29, 0.717) is 5.56 Å². The lowest BCUT2D eigenvalue weighted by Crippen LogP contribution is -2.38. The lowest BCUT2D eigenvalue weighted by atomic mass is 10.1. The van der Waals surface area contributed by atoms with Crippen molar-refractivity contribution >= 4 is 23.1 Å². The van der Waals surface area contributed by atoms with Crippen molar-refractivity contribution in [2.45, 2.75) is 25.4 Å². The Balaban J connectivity index is 1.71. The van der Waals surface area contributed by atoms with Crippen LogP contribution in [0.1, 0.15) is 35.0 Å². The van der Waals surface area contributed by atoms with Gasteiger partial charge in [-0.15, -0.1) is 11.3 Å². The van der Waals surface area contributed by atoms with Crippen molar-refractivity contribution < 1.29 is 9.90 Å². The number of thiophene rings is 1. The number of aromatic nitrogens is 1. The Hall–Kier alpha value is -1.92. The summed E-state index contributed by atoms with van der Waals surface area (Å²) in [7, 11) is 0. The molecule has 2 aromatic rings. The van der Waals surface area contributed by atoms with Crippen LogP contribution in [0, 0.1) is 0 Å². The summed E-state index contributed by atoms with van der Waals surface area (Å²) in [6, 6.07) is 7.32. The fraction of sp³-hybridized carbons (Fsp3) is 0.412. The fourth-order valence-electron chi connectivity index (χ4n) is 2.77. The summed E-state index contributed by atoms with van der Waals surface area (Å²) >= 11 is 1.48. The van der Waals surface area contributed by atoms with Gasteiger partial charge in [-0.3, -0.25) is 4.79 Å². The first kappa shape index (κ1) is 16.0. The molecule has 1 atom stereocenters. The molecule has 3 heterocycles. The molecule has 0 unspecified atom stereocenters. The average molecular weight is 331 g/mol. The summed E-state index contributed by atoms with van der Waals surface area (Å²) in [6.45, 7) is 3.75. The minimum atomic E-state index is -1.07. The molecule has 6 heteroatoms. The fourth-order valence-corrected chi connectivity index (χ4v) is 3.56. The first-order chi connectivity index (χ1) is 11.1. The Morgan fingerprint density at radius 1 is 1.39 bits per heavy atom. The predicted octanol–water partition coefficient (Wildman–Crippen LogP) is 2.38. The summed E-state index contributed by atoms with van der Waals surface area (Å²) in [5.74, 6) is 0.537. The van der Waals surface area contributed by atoms with Gasteiger partial charge in [0.15, 0.2) is 0 Å². The number of hydrogen-bond acceptors (Lipinski definition) is 5. The molecule has 1 amide bonds. The quantitative estimate of drug-likeness (QED) is 0.883. The Bertz CT molecular complexity index is 664. The Labute approximate surface area is 140 Å². The molecule has 0 radical (unpaired) electrons. The van der Waals surface area contributed by atoms with Gasteiger partial charge in [0.2, 0.25) is 0 Å². The zero-order valence-electron chi connectivity index (χ0n) is 13.2. The zero-order valence-corrected chi connectivity index (χ0v) is 14.0. The van der Waals surface area contributed by atoms with Crippen LogP contribution in [0.5, 0.6) is 0 Å². The number of aliphatic hydroxyl groups is 1. The first-order valence-corrected chi connectivity index (χ1v) is 8.70. The van der Waals surface area contributed by atoms with Gasteiger partial charge in [0.25, 0.3) is 5.91 Å². The SMILES string of the molecule is C[C@@](O)(CNC(=O)c1cccnc1N1CCCC1)c1cccs1. The molecule has 2 N–H and O–H groups in total. The second kappa shape index (κ2) is 6.68. The highest BCUT2D eigenvalue weighted by Gasteiger charge is 2.26. The minimum Gasteiger partial charge on any atom is -0.383 e. The van der Waals surface area contributed by atoms with E-state index in [9.17, 15) is 9.90 Å². The van der Waals surface area contributed by atoms with Gasteiger partial charge in [0, 0.05) is 24.2 Å². The van der Waals surface area contributed by atoms with Crippen molar-refractivity contribution in [3.8, 4) is 0 Å². The van der Waals surface area contributed by atoms with Crippen LogP contribution in [-0.4, -0.2) is 35.6 Å². The minimum absolute atomic E-state index is 0.167. The smallest absolute Gasteiger partial charge is 0.255 e. The highest BCUT2D eigenvalue weighted by atomic mass is 32.1. The zero-order chi connectivity index (χ0) is 16.3. The van der Waals surface area contributed by atoms with Crippen LogP contribution in [0.15, 0.2) is 35.8 Å². The predicted molar refractivity (Wildman–Crippen MR) is 91.9 cm³/mol. The molecular weight excluding hydrogens is 310 g/mol. The van der Waals surface area contributed by atoms with E-state index in [4.69, 9.17) is 0 Å². The largest absolute Gasteiger partial charge is 0.383 e. The number of hydrogen-bond donors (Lipinski definition) is 2. The van der Waals surface area contributed by atoms with Gasteiger partial charge in [-0.05, 0) is 43.3 Å². The summed E-state index contributed by atoms with van der Waals surface area (Å²) in [5, 5.41) is 15.3. The second-order valence-corrected chi connectivity index (χ2v) is 6.95. The van der Waals surface area contributed by atoms with Crippen LogP contribution in [0.3, 0.4) is 0 Å². The number of amides is 1. The molecule has 23 heavy (non-hydrogen) atoms. The third kappa shape index (κ3) is 3.54. The number of nitrogens with zero attached hydrogens (tertiary/aromatic N) is 2. The van der Waals surface area contributed by atoms with Gasteiger partial charge in [-0.25, -0.2) is 4.98 Å². The normalized spacial score (nSPS) is 17.0. The molecule has 1 aliphatic rings. The molecule has 3 rings (SSSR count). The number of anilines is 1. The second-order valence-electron chi connectivity index (χ2n) is 6.00. The van der Waals surface area contributed by atoms with Crippen LogP contribution in [0.2, 0.25) is 0 Å². The third-order valence-electron chi connectivity index (χ3n) is 4.08. The number of rotatable bonds is 5. The van der Waals surface area contributed by atoms with E-state index in [-0.39, 0.29) is 12.5 Å². The monoisotopic (exact) mass is 331 g/mol. The van der Waals surface area contributed by atoms with Crippen LogP contribution < -0.4 is 10.2 Å². The molecule has 1 fully saturated rings. The van der Waals surface area contributed by atoms with Gasteiger partial charge >= 0.3 is 0 Å². The topological polar surface area (TPSA) is 65.5 Å². The van der Waals surface area contributed by atoms with Crippen LogP contribution >= 0.6 is 11.3 Å². The van der Waals surface area contributed by atoms with E-state index in [1.807, 2.05) is 17.5 Å². The summed E-state index contributed by atoms with van der Waals surface area (Å²) in [4.78, 5) is 19.9. The van der Waals surface area contributed by atoms with E-state index >= 15 is 0 Å². The van der Waals surface area contributed by atoms with Gasteiger partial charge in [0.05, 0.1) is 12.1 Å². The van der Waals surface area contributed by atoms with E-state index < -0.39 is 5.60 Å². The van der Waals surface area contributed by atoms with Crippen LogP contribution in [0.4, 0.5) is 5.82 Å². The highest BCUT2D eigenvalue weighted by molar-refractivity contribution is 7.10. The van der Waals surface area contributed by atoms with E-state index in [1.54, 1.807) is 25.3 Å². The van der Waals surface area contributed by atoms with Crippen molar-refractivity contribution in [3.63, 3.8) is 0 Å². The van der Waals surface area contributed by atoms with Gasteiger partial charge in [-0.2, -0.15) is 0 Å². The number of pyridine rings is 1. The number of carbonyl (C=O) groups excluding carboxylic acids is 1. The van der Waals surface area contributed by atoms with Crippen molar-refractivity contribution in [1.29, 1.82) is 0 Å². The molecule has 1 saturated heterocycles. The Morgan fingerprint density at radius 3 is 2.87 bits per heavy atom. The molecule has 0 aliphatic carbocycles. The molecule has 0 saturated carbocycles. The van der Waals surface area contributed by atoms with Crippen molar-refractivity contribution in [1.82, 2.24) is 10.3 Å². The van der Waals surface area contributed by atoms with Gasteiger partial charge in [0.1, 0.15) is 11.4 Å². The lowest BCUT2D eigenvalue weighted by Gasteiger charge is -2.23. The summed E-state index contributed by atoms with van der Waals surface area (Å²) in [5.41, 5.74) is -0.504. The van der Waals surface area contributed by atoms with E-state index in [1.165, 1.54) is 11.3 Å². The lowest BCUT2D eigenvalue weighted by molar-refractivity contribution is 0.0557. The Kier molecular flexibility index (Phi) is 4.63. The van der Waals surface area contributed by atoms with E-state index in [2.05, 4.69) is 15.2 Å². The maximum Gasteiger partial charge on any atom is 0.255 e. The van der Waals surface area contributed by atoms with Gasteiger partial charge < -0.3 is 15.3 Å². The van der Waals surface area contributed by atoms with Crippen LogP contribution in [0.25, 0.3) is 0 Å². The molecule has 5 nitrogen and oxygen atoms in total. The summed E-state index contributed by atoms with van der Waals surface area (Å²) in [6.07, 6.45) is 3.97. The maximum atomic E-state index is 12.6. The molecule has 0 bridgehead atoms. The third-order valence-corrected chi connectivity index (χ3v) is 5.21. The highest BCUT2D eigenvalue weighted by Crippen LogP contribution is 2.25. The molecule has 0 spiro atoms. The van der Waals surface area contributed by atoms with Crippen molar-refractivity contribution in [2.24, 2.45) is 0 Å². The number of nitrogens with one attached hydrogen (secondary N) is 1. The number of carbonyl (C=O) groups is 1. The van der Waals surface area contributed by atoms with Gasteiger partial charge in [-0.1, -0.05) is 6.07 Å². The average Bonchev–Trinajstić information content (AvgIpc) is 3.25. The standard InChI is InChI=1S/C17H21N3O2S/c1-17(22,14-7-5-11-23-14)12-19-16(21)13-6-4-8-18-15(13)20-9-2-3-10-20/h4-8,11,22H,2-3,9-10,12H2,1H3,(H,19,21)/t17-/m1/s1. The summed E-state index contributed by atoms with van der Waals surface area (Å²) < 4.78 is 0. The molecule has 0 aromatic carbocycles. The maximum absolute atomic E-state index is 12.6. The van der Waals surface area contributed by atoms with Crippen molar-refractivity contribution in [3.05, 3.63) is 46.3 Å². The van der Waals surface area contributed by atoms with Crippen molar-refractivity contribution in [2.75, 3.05) is 24.5 Å². The Morgan fingerprint density at radius 2 is 2.17 bits per heavy atom. The molecule has 2 aromatic heterocycles. The first-order valence-electron chi connectivity index (χ1n) is 7.82. The van der Waals surface area contributed by atoms with Crippen LogP contribution in [-0.2, 0) is 5.60 Å². The molecular formula is C17H21N3O2S. The van der Waals surface area contributed by atoms with E-state index in [0.717, 1.165) is 36.6 Å². The molecule has 1 aliphatic heterocycles.